The highest BCUT2D eigenvalue weighted by molar-refractivity contribution is 9.11. The van der Waals surface area contributed by atoms with Crippen LogP contribution in [0, 0.1) is 5.82 Å². The zero-order chi connectivity index (χ0) is 15.8. The summed E-state index contributed by atoms with van der Waals surface area (Å²) in [6, 6.07) is 1.99. The standard InChI is InChI=1S/C10H6Br3FN4O2S/c11-4-1-7(6(15)2-5(4)14)21(19,20)18-10-9(13)17-8(12)3-16-10/h1-3H,15H2,(H,16,18). The predicted octanol–water partition coefficient (Wildman–Crippen LogP) is 3.29. The predicted molar refractivity (Wildman–Crippen MR) is 86.8 cm³/mol. The molecule has 0 aliphatic carbocycles. The number of benzene rings is 1. The quantitative estimate of drug-likeness (QED) is 0.625. The minimum Gasteiger partial charge on any atom is -0.398 e. The Bertz CT molecular complexity index is 816. The Morgan fingerprint density at radius 2 is 1.90 bits per heavy atom. The molecule has 0 amide bonds. The van der Waals surface area contributed by atoms with Crippen LogP contribution in [0.5, 0.6) is 0 Å². The zero-order valence-electron chi connectivity index (χ0n) is 9.94. The van der Waals surface area contributed by atoms with Crippen LogP contribution in [0.1, 0.15) is 0 Å². The third-order valence-electron chi connectivity index (χ3n) is 2.27. The maximum Gasteiger partial charge on any atom is 0.265 e. The van der Waals surface area contributed by atoms with Crippen molar-refractivity contribution in [1.29, 1.82) is 0 Å². The van der Waals surface area contributed by atoms with Gasteiger partial charge >= 0.3 is 0 Å². The molecule has 1 aromatic heterocycles. The first-order valence-electron chi connectivity index (χ1n) is 5.16. The van der Waals surface area contributed by atoms with Gasteiger partial charge in [-0.05, 0) is 59.9 Å². The molecule has 0 unspecified atom stereocenters. The molecule has 21 heavy (non-hydrogen) atoms. The molecule has 1 aromatic carbocycles. The van der Waals surface area contributed by atoms with Crippen LogP contribution in [-0.2, 0) is 10.0 Å². The highest BCUT2D eigenvalue weighted by atomic mass is 79.9. The Balaban J connectivity index is 2.46. The number of aromatic nitrogens is 2. The van der Waals surface area contributed by atoms with Gasteiger partial charge in [-0.2, -0.15) is 0 Å². The van der Waals surface area contributed by atoms with Crippen molar-refractivity contribution in [2.45, 2.75) is 4.90 Å². The van der Waals surface area contributed by atoms with Gasteiger partial charge in [-0.15, -0.1) is 0 Å². The van der Waals surface area contributed by atoms with Gasteiger partial charge in [-0.1, -0.05) is 0 Å². The second-order valence-electron chi connectivity index (χ2n) is 3.74. The minimum atomic E-state index is -4.04. The average Bonchev–Trinajstić information content (AvgIpc) is 2.37. The minimum absolute atomic E-state index is 0.0157. The molecule has 3 N–H and O–H groups in total. The van der Waals surface area contributed by atoms with Crippen LogP contribution in [-0.4, -0.2) is 18.4 Å². The van der Waals surface area contributed by atoms with Crippen molar-refractivity contribution in [3.05, 3.63) is 37.8 Å². The number of hydrogen-bond acceptors (Lipinski definition) is 5. The van der Waals surface area contributed by atoms with Crippen molar-refractivity contribution < 1.29 is 12.8 Å². The highest BCUT2D eigenvalue weighted by Crippen LogP contribution is 2.29. The fourth-order valence-electron chi connectivity index (χ4n) is 1.37. The van der Waals surface area contributed by atoms with Crippen molar-refractivity contribution >= 4 is 69.3 Å². The lowest BCUT2D eigenvalue weighted by Crippen LogP contribution is -2.16. The van der Waals surface area contributed by atoms with Crippen LogP contribution in [0.25, 0.3) is 0 Å². The van der Waals surface area contributed by atoms with E-state index in [2.05, 4.69) is 62.5 Å². The molecule has 0 atom stereocenters. The number of anilines is 2. The van der Waals surface area contributed by atoms with Gasteiger partial charge in [-0.25, -0.2) is 22.8 Å². The van der Waals surface area contributed by atoms with Crippen LogP contribution < -0.4 is 10.5 Å². The summed E-state index contributed by atoms with van der Waals surface area (Å²) in [5, 5.41) is 0. The molecular formula is C10H6Br3FN4O2S. The van der Waals surface area contributed by atoms with E-state index < -0.39 is 15.8 Å². The van der Waals surface area contributed by atoms with Crippen molar-refractivity contribution in [2.75, 3.05) is 10.5 Å². The molecule has 0 fully saturated rings. The molecule has 6 nitrogen and oxygen atoms in total. The first kappa shape index (κ1) is 16.6. The van der Waals surface area contributed by atoms with Crippen molar-refractivity contribution in [3.8, 4) is 0 Å². The fourth-order valence-corrected chi connectivity index (χ4v) is 4.07. The van der Waals surface area contributed by atoms with Crippen molar-refractivity contribution in [3.63, 3.8) is 0 Å². The maximum absolute atomic E-state index is 13.3. The summed E-state index contributed by atoms with van der Waals surface area (Å²) in [6.45, 7) is 0. The molecule has 0 radical (unpaired) electrons. The normalized spacial score (nSPS) is 11.4. The first-order valence-corrected chi connectivity index (χ1v) is 9.02. The number of nitrogens with zero attached hydrogens (tertiary/aromatic N) is 2. The molecule has 0 aliphatic rings. The van der Waals surface area contributed by atoms with Crippen LogP contribution in [0.3, 0.4) is 0 Å². The van der Waals surface area contributed by atoms with Gasteiger partial charge in [0.1, 0.15) is 15.3 Å². The Morgan fingerprint density at radius 3 is 2.52 bits per heavy atom. The van der Waals surface area contributed by atoms with E-state index in [9.17, 15) is 12.8 Å². The summed E-state index contributed by atoms with van der Waals surface area (Å²) in [7, 11) is -4.04. The number of halogens is 4. The summed E-state index contributed by atoms with van der Waals surface area (Å²) >= 11 is 9.10. The summed E-state index contributed by atoms with van der Waals surface area (Å²) in [4.78, 5) is 7.56. The lowest BCUT2D eigenvalue weighted by atomic mass is 10.3. The number of hydrogen-bond donors (Lipinski definition) is 2. The lowest BCUT2D eigenvalue weighted by molar-refractivity contribution is 0.599. The van der Waals surface area contributed by atoms with Gasteiger partial charge in [0, 0.05) is 0 Å². The van der Waals surface area contributed by atoms with Gasteiger partial charge in [0.2, 0.25) is 0 Å². The molecular weight excluding hydrogens is 499 g/mol. The Labute approximate surface area is 144 Å². The molecule has 112 valence electrons. The van der Waals surface area contributed by atoms with E-state index in [0.29, 0.717) is 4.60 Å². The van der Waals surface area contributed by atoms with Crippen molar-refractivity contribution in [2.24, 2.45) is 0 Å². The van der Waals surface area contributed by atoms with E-state index in [0.717, 1.165) is 12.1 Å². The summed E-state index contributed by atoms with van der Waals surface area (Å²) in [5.74, 6) is -0.672. The van der Waals surface area contributed by atoms with Crippen LogP contribution in [0.15, 0.2) is 36.9 Å². The molecule has 2 aromatic rings. The largest absolute Gasteiger partial charge is 0.398 e. The van der Waals surface area contributed by atoms with E-state index in [1.54, 1.807) is 0 Å². The fraction of sp³-hybridized carbons (Fsp3) is 0. The van der Waals surface area contributed by atoms with Crippen LogP contribution in [0.2, 0.25) is 0 Å². The van der Waals surface area contributed by atoms with Crippen LogP contribution in [0.4, 0.5) is 15.9 Å². The third-order valence-corrected chi connectivity index (χ3v) is 5.21. The highest BCUT2D eigenvalue weighted by Gasteiger charge is 2.21. The van der Waals surface area contributed by atoms with E-state index in [4.69, 9.17) is 5.73 Å². The summed E-state index contributed by atoms with van der Waals surface area (Å²) in [6.07, 6.45) is 1.33. The Morgan fingerprint density at radius 1 is 1.24 bits per heavy atom. The third kappa shape index (κ3) is 3.71. The van der Waals surface area contributed by atoms with Crippen LogP contribution >= 0.6 is 47.8 Å². The van der Waals surface area contributed by atoms with Gasteiger partial charge < -0.3 is 5.73 Å². The van der Waals surface area contributed by atoms with E-state index >= 15 is 0 Å². The number of rotatable bonds is 3. The lowest BCUT2D eigenvalue weighted by Gasteiger charge is -2.11. The van der Waals surface area contributed by atoms with E-state index in [1.165, 1.54) is 6.20 Å². The zero-order valence-corrected chi connectivity index (χ0v) is 15.5. The first-order chi connectivity index (χ1) is 9.70. The molecule has 0 saturated heterocycles. The molecule has 11 heteroatoms. The smallest absolute Gasteiger partial charge is 0.265 e. The van der Waals surface area contributed by atoms with E-state index in [1.807, 2.05) is 0 Å². The summed E-state index contributed by atoms with van der Waals surface area (Å²) < 4.78 is 40.7. The van der Waals surface area contributed by atoms with E-state index in [-0.39, 0.29) is 25.5 Å². The second-order valence-corrected chi connectivity index (χ2v) is 7.81. The topological polar surface area (TPSA) is 98.0 Å². The van der Waals surface area contributed by atoms with Gasteiger partial charge in [0.25, 0.3) is 10.0 Å². The molecule has 2 rings (SSSR count). The number of nitrogens with two attached hydrogens (primary N) is 1. The van der Waals surface area contributed by atoms with Gasteiger partial charge in [0.15, 0.2) is 10.4 Å². The maximum atomic E-state index is 13.3. The average molecular weight is 505 g/mol. The Kier molecular flexibility index (Phi) is 4.85. The molecule has 1 heterocycles. The number of nitrogen functional groups attached to an aromatic ring is 1. The Hall–Kier alpha value is -0.780. The number of nitrogens with one attached hydrogen (secondary N) is 1. The van der Waals surface area contributed by atoms with Crippen molar-refractivity contribution in [1.82, 2.24) is 9.97 Å². The second kappa shape index (κ2) is 6.15. The SMILES string of the molecule is Nc1cc(F)c(Br)cc1S(=O)(=O)Nc1ncc(Br)nc1Br. The number of sulfonamides is 1. The molecule has 0 saturated carbocycles. The monoisotopic (exact) mass is 502 g/mol. The summed E-state index contributed by atoms with van der Waals surface area (Å²) in [5.41, 5.74) is 5.34. The molecule has 0 aliphatic heterocycles. The van der Waals surface area contributed by atoms with Gasteiger partial charge in [0.05, 0.1) is 16.4 Å². The molecule has 0 spiro atoms. The van der Waals surface area contributed by atoms with Gasteiger partial charge in [-0.3, -0.25) is 4.72 Å². The molecule has 0 bridgehead atoms.